The van der Waals surface area contributed by atoms with Crippen molar-refractivity contribution < 1.29 is 0 Å². The van der Waals surface area contributed by atoms with Gasteiger partial charge >= 0.3 is 0 Å². The Balaban J connectivity index is 2.20. The Bertz CT molecular complexity index is 46.0. The molecule has 3 heteroatoms. The third kappa shape index (κ3) is 0.408. The van der Waals surface area contributed by atoms with Gasteiger partial charge in [0, 0.05) is 0 Å². The molecule has 0 aromatic rings. The smallest absolute Gasteiger partial charge is 0.00165 e. The van der Waals surface area contributed by atoms with Crippen molar-refractivity contribution in [3.05, 3.63) is 5.43 Å². The Kier molecular flexibility index (Phi) is 0.799. The maximum atomic E-state index is 3.91. The summed E-state index contributed by atoms with van der Waals surface area (Å²) >= 11 is 0. The minimum atomic E-state index is 0.858. The lowest BCUT2D eigenvalue weighted by molar-refractivity contribution is -0.0110. The van der Waals surface area contributed by atoms with Crippen LogP contribution in [0.15, 0.2) is 0 Å². The first-order chi connectivity index (χ1) is 2.80. The summed E-state index contributed by atoms with van der Waals surface area (Å²) < 4.78 is 0. The Labute approximate surface area is 37.5 Å². The van der Waals surface area contributed by atoms with Gasteiger partial charge < -0.3 is 10.5 Å². The van der Waals surface area contributed by atoms with E-state index in [9.17, 15) is 0 Å². The van der Waals surface area contributed by atoms with Crippen LogP contribution in [-0.4, -0.2) is 30.9 Å². The van der Waals surface area contributed by atoms with Gasteiger partial charge in [-0.15, -0.1) is 0 Å². The molecule has 3 nitrogen and oxygen atoms in total. The monoisotopic (exact) mass is 86.1 g/mol. The van der Waals surface area contributed by atoms with Crippen LogP contribution in [0.3, 0.4) is 0 Å². The van der Waals surface area contributed by atoms with E-state index in [0.29, 0.717) is 0 Å². The molecule has 0 aromatic carbocycles. The van der Waals surface area contributed by atoms with Gasteiger partial charge in [0.15, 0.2) is 0 Å². The van der Waals surface area contributed by atoms with E-state index in [1.165, 1.54) is 0 Å². The second kappa shape index (κ2) is 1.18. The zero-order valence-corrected chi connectivity index (χ0v) is 4.05. The van der Waals surface area contributed by atoms with Crippen molar-refractivity contribution in [2.45, 2.75) is 0 Å². The summed E-state index contributed by atoms with van der Waals surface area (Å²) in [6.07, 6.45) is 0. The second-order valence-electron chi connectivity index (χ2n) is 1.43. The molecule has 1 rings (SSSR count). The lowest BCUT2D eigenvalue weighted by atomic mass is 10.9. The lowest BCUT2D eigenvalue weighted by Gasteiger charge is -2.54. The first-order valence-corrected chi connectivity index (χ1v) is 1.93. The summed E-state index contributed by atoms with van der Waals surface area (Å²) in [4.78, 5) is 0. The minimum absolute atomic E-state index is 0.858. The number of hydrazine groups is 1. The molecule has 0 amide bonds. The van der Waals surface area contributed by atoms with Crippen LogP contribution in [0.25, 0.3) is 5.43 Å². The van der Waals surface area contributed by atoms with Crippen molar-refractivity contribution in [2.75, 3.05) is 20.8 Å². The molecule has 1 saturated heterocycles. The van der Waals surface area contributed by atoms with Crippen LogP contribution in [0, 0.1) is 0 Å². The summed E-state index contributed by atoms with van der Waals surface area (Å²) in [5, 5.41) is 3.82. The highest BCUT2D eigenvalue weighted by Crippen LogP contribution is 2.09. The van der Waals surface area contributed by atoms with E-state index in [4.69, 9.17) is 0 Å². The lowest BCUT2D eigenvalue weighted by Crippen LogP contribution is -2.44. The fourth-order valence-electron chi connectivity index (χ4n) is 0.316. The minimum Gasteiger partial charge on any atom is -0.566 e. The fraction of sp³-hybridized carbons (Fsp3) is 1.00. The number of hydrogen-bond donors (Lipinski definition) is 0. The van der Waals surface area contributed by atoms with Gasteiger partial charge in [-0.3, -0.25) is 5.01 Å². The van der Waals surface area contributed by atoms with Crippen molar-refractivity contribution in [3.63, 3.8) is 0 Å². The summed E-state index contributed by atoms with van der Waals surface area (Å²) in [5.41, 5.74) is 3.91. The summed E-state index contributed by atoms with van der Waals surface area (Å²) in [7, 11) is 3.91. The second-order valence-corrected chi connectivity index (χ2v) is 1.43. The van der Waals surface area contributed by atoms with Crippen LogP contribution in [0.1, 0.15) is 0 Å². The maximum absolute atomic E-state index is 3.91. The molecule has 0 N–H and O–H groups in total. The highest BCUT2D eigenvalue weighted by atomic mass is 15.9. The Hall–Kier alpha value is -0.120. The molecule has 1 heterocycles. The van der Waals surface area contributed by atoms with Gasteiger partial charge in [0.2, 0.25) is 0 Å². The Morgan fingerprint density at radius 1 is 1.50 bits per heavy atom. The molecule has 36 valence electrons. The number of hydrogen-bond acceptors (Lipinski definition) is 2. The van der Waals surface area contributed by atoms with E-state index in [1.807, 2.05) is 19.1 Å². The third-order valence-corrected chi connectivity index (χ3v) is 0.967. The Morgan fingerprint density at radius 3 is 2.00 bits per heavy atom. The van der Waals surface area contributed by atoms with Gasteiger partial charge in [-0.05, 0) is 14.1 Å². The molecular formula is C3H8N3-. The van der Waals surface area contributed by atoms with Crippen molar-refractivity contribution in [2.24, 2.45) is 0 Å². The predicted octanol–water partition coefficient (Wildman–Crippen LogP) is 0.0248. The topological polar surface area (TPSA) is 20.6 Å². The van der Waals surface area contributed by atoms with E-state index in [-0.39, 0.29) is 0 Å². The molecule has 0 spiro atoms. The standard InChI is InChI=1S/C3H8N3/c1-5-3-4-6(5)2/h3H2,1-2H3/q-1. The van der Waals surface area contributed by atoms with Crippen molar-refractivity contribution in [3.8, 4) is 0 Å². The van der Waals surface area contributed by atoms with Crippen molar-refractivity contribution in [1.29, 1.82) is 0 Å². The van der Waals surface area contributed by atoms with Gasteiger partial charge in [-0.2, -0.15) is 0 Å². The first kappa shape index (κ1) is 4.05. The van der Waals surface area contributed by atoms with Crippen LogP contribution in [0.2, 0.25) is 0 Å². The fourth-order valence-corrected chi connectivity index (χ4v) is 0.316. The molecule has 6 heavy (non-hydrogen) atoms. The molecule has 1 aliphatic heterocycles. The van der Waals surface area contributed by atoms with Crippen LogP contribution in [-0.2, 0) is 0 Å². The predicted molar refractivity (Wildman–Crippen MR) is 23.8 cm³/mol. The molecule has 1 aliphatic rings. The summed E-state index contributed by atoms with van der Waals surface area (Å²) in [5.74, 6) is 0. The van der Waals surface area contributed by atoms with Gasteiger partial charge in [0.1, 0.15) is 0 Å². The summed E-state index contributed by atoms with van der Waals surface area (Å²) in [6, 6.07) is 0. The molecule has 0 radical (unpaired) electrons. The molecule has 0 bridgehead atoms. The van der Waals surface area contributed by atoms with Crippen LogP contribution >= 0.6 is 0 Å². The highest BCUT2D eigenvalue weighted by Gasteiger charge is 1.98. The van der Waals surface area contributed by atoms with E-state index < -0.39 is 0 Å². The maximum Gasteiger partial charge on any atom is -0.00165 e. The largest absolute Gasteiger partial charge is 0.566 e. The van der Waals surface area contributed by atoms with Gasteiger partial charge in [-0.25, -0.2) is 0 Å². The molecule has 0 aromatic heterocycles. The average molecular weight is 86.1 g/mol. The van der Waals surface area contributed by atoms with Gasteiger partial charge in [0.25, 0.3) is 0 Å². The third-order valence-electron chi connectivity index (χ3n) is 0.967. The molecule has 0 saturated carbocycles. The van der Waals surface area contributed by atoms with E-state index >= 15 is 0 Å². The molecule has 1 fully saturated rings. The van der Waals surface area contributed by atoms with Crippen LogP contribution < -0.4 is 0 Å². The summed E-state index contributed by atoms with van der Waals surface area (Å²) in [6.45, 7) is 0.858. The zero-order valence-electron chi connectivity index (χ0n) is 4.05. The average Bonchev–Trinajstić information content (AvgIpc) is 1.61. The quantitative estimate of drug-likeness (QED) is 0.414. The van der Waals surface area contributed by atoms with Gasteiger partial charge in [-0.1, -0.05) is 6.67 Å². The normalized spacial score (nSPS) is 27.0. The number of nitrogens with zero attached hydrogens (tertiary/aromatic N) is 3. The Morgan fingerprint density at radius 2 is 2.00 bits per heavy atom. The first-order valence-electron chi connectivity index (χ1n) is 1.93. The SMILES string of the molecule is CN1C[N-]N1C. The molecule has 0 aliphatic carbocycles. The highest BCUT2D eigenvalue weighted by molar-refractivity contribution is 4.78. The zero-order chi connectivity index (χ0) is 4.57. The van der Waals surface area contributed by atoms with Gasteiger partial charge in [0.05, 0.1) is 0 Å². The van der Waals surface area contributed by atoms with Crippen LogP contribution in [0.4, 0.5) is 0 Å². The van der Waals surface area contributed by atoms with E-state index in [1.54, 1.807) is 5.12 Å². The van der Waals surface area contributed by atoms with E-state index in [2.05, 4.69) is 5.43 Å². The number of rotatable bonds is 0. The van der Waals surface area contributed by atoms with Crippen molar-refractivity contribution in [1.82, 2.24) is 10.1 Å². The molecule has 0 unspecified atom stereocenters. The van der Waals surface area contributed by atoms with Crippen molar-refractivity contribution >= 4 is 0 Å². The molecular weight excluding hydrogens is 78.1 g/mol. The molecule has 0 atom stereocenters. The van der Waals surface area contributed by atoms with Crippen LogP contribution in [0.5, 0.6) is 0 Å². The van der Waals surface area contributed by atoms with E-state index in [0.717, 1.165) is 6.67 Å².